The number of hydrogen-bond donors (Lipinski definition) is 2. The standard InChI is InChI=1S/C27H33N5O2/c1-19(20-10-5-4-6-11-20)30-27-22-16-24(31-26(33)14-9-15-32(2)3)25(17-23(22)28-18-29-27)34-21-12-7-8-13-21/h4-6,9-11,14,16-19,21H,7-8,12-13,15H2,1-3H3,(H,31,33)(H,28,29,30)/b14-9+/t19-/m1/s1. The van der Waals surface area contributed by atoms with Gasteiger partial charge in [0.1, 0.15) is 17.9 Å². The summed E-state index contributed by atoms with van der Waals surface area (Å²) in [5, 5.41) is 7.34. The number of benzene rings is 2. The second kappa shape index (κ2) is 11.1. The van der Waals surface area contributed by atoms with Crippen LogP contribution in [0, 0.1) is 0 Å². The predicted octanol–water partition coefficient (Wildman–Crippen LogP) is 5.18. The number of hydrogen-bond acceptors (Lipinski definition) is 6. The number of anilines is 2. The average Bonchev–Trinajstić information content (AvgIpc) is 3.33. The van der Waals surface area contributed by atoms with E-state index < -0.39 is 0 Å². The Morgan fingerprint density at radius 2 is 1.94 bits per heavy atom. The minimum Gasteiger partial charge on any atom is -0.488 e. The van der Waals surface area contributed by atoms with Crippen molar-refractivity contribution in [2.24, 2.45) is 0 Å². The second-order valence-electron chi connectivity index (χ2n) is 9.04. The molecule has 1 saturated carbocycles. The molecule has 0 aliphatic heterocycles. The fraction of sp³-hybridized carbons (Fsp3) is 0.370. The van der Waals surface area contributed by atoms with E-state index >= 15 is 0 Å². The highest BCUT2D eigenvalue weighted by Crippen LogP contribution is 2.36. The van der Waals surface area contributed by atoms with Gasteiger partial charge in [-0.25, -0.2) is 9.97 Å². The fourth-order valence-corrected chi connectivity index (χ4v) is 4.15. The summed E-state index contributed by atoms with van der Waals surface area (Å²) in [6, 6.07) is 14.1. The number of rotatable bonds is 9. The van der Waals surface area contributed by atoms with Crippen LogP contribution in [0.1, 0.15) is 44.2 Å². The first-order valence-corrected chi connectivity index (χ1v) is 11.9. The van der Waals surface area contributed by atoms with Crippen LogP contribution in [-0.4, -0.2) is 47.5 Å². The Balaban J connectivity index is 1.65. The van der Waals surface area contributed by atoms with E-state index in [1.807, 2.05) is 55.4 Å². The number of ether oxygens (including phenoxy) is 1. The number of carbonyl (C=O) groups excluding carboxylic acids is 1. The van der Waals surface area contributed by atoms with Crippen LogP contribution in [0.25, 0.3) is 10.9 Å². The average molecular weight is 460 g/mol. The lowest BCUT2D eigenvalue weighted by Crippen LogP contribution is -2.16. The Morgan fingerprint density at radius 3 is 2.68 bits per heavy atom. The highest BCUT2D eigenvalue weighted by atomic mass is 16.5. The number of carbonyl (C=O) groups is 1. The van der Waals surface area contributed by atoms with Gasteiger partial charge in [-0.15, -0.1) is 0 Å². The van der Waals surface area contributed by atoms with Gasteiger partial charge in [0.2, 0.25) is 5.91 Å². The molecule has 1 aliphatic rings. The fourth-order valence-electron chi connectivity index (χ4n) is 4.15. The molecule has 34 heavy (non-hydrogen) atoms. The van der Waals surface area contributed by atoms with Crippen LogP contribution in [0.2, 0.25) is 0 Å². The molecule has 0 unspecified atom stereocenters. The van der Waals surface area contributed by atoms with Gasteiger partial charge < -0.3 is 20.3 Å². The van der Waals surface area contributed by atoms with Crippen molar-refractivity contribution in [1.29, 1.82) is 0 Å². The molecule has 0 bridgehead atoms. The summed E-state index contributed by atoms with van der Waals surface area (Å²) >= 11 is 0. The van der Waals surface area contributed by atoms with Gasteiger partial charge in [0.05, 0.1) is 17.3 Å². The molecule has 1 atom stereocenters. The normalized spacial score (nSPS) is 15.2. The molecule has 2 aromatic carbocycles. The quantitative estimate of drug-likeness (QED) is 0.429. The van der Waals surface area contributed by atoms with Crippen molar-refractivity contribution in [3.63, 3.8) is 0 Å². The van der Waals surface area contributed by atoms with Gasteiger partial charge in [-0.05, 0) is 58.3 Å². The van der Waals surface area contributed by atoms with E-state index in [-0.39, 0.29) is 18.1 Å². The molecular formula is C27H33N5O2. The van der Waals surface area contributed by atoms with Crippen molar-refractivity contribution in [3.8, 4) is 5.75 Å². The number of likely N-dealkylation sites (N-methyl/N-ethyl adjacent to an activating group) is 1. The lowest BCUT2D eigenvalue weighted by molar-refractivity contribution is -0.111. The van der Waals surface area contributed by atoms with Crippen molar-refractivity contribution in [2.75, 3.05) is 31.3 Å². The van der Waals surface area contributed by atoms with Crippen molar-refractivity contribution in [1.82, 2.24) is 14.9 Å². The molecule has 2 N–H and O–H groups in total. The number of aromatic nitrogens is 2. The zero-order chi connectivity index (χ0) is 23.9. The number of nitrogens with one attached hydrogen (secondary N) is 2. The lowest BCUT2D eigenvalue weighted by Gasteiger charge is -2.19. The Bertz CT molecular complexity index is 1140. The molecule has 1 amide bonds. The summed E-state index contributed by atoms with van der Waals surface area (Å²) in [6.07, 6.45) is 9.51. The van der Waals surface area contributed by atoms with E-state index in [1.165, 1.54) is 12.8 Å². The van der Waals surface area contributed by atoms with Crippen molar-refractivity contribution >= 4 is 28.3 Å². The molecular weight excluding hydrogens is 426 g/mol. The Morgan fingerprint density at radius 1 is 1.18 bits per heavy atom. The molecule has 1 heterocycles. The molecule has 1 aromatic heterocycles. The number of amides is 1. The molecule has 3 aromatic rings. The first kappa shape index (κ1) is 23.7. The van der Waals surface area contributed by atoms with E-state index in [1.54, 1.807) is 12.4 Å². The minimum atomic E-state index is -0.193. The molecule has 4 rings (SSSR count). The molecule has 0 saturated heterocycles. The van der Waals surface area contributed by atoms with Crippen LogP contribution in [-0.2, 0) is 4.79 Å². The van der Waals surface area contributed by atoms with Crippen LogP contribution < -0.4 is 15.4 Å². The minimum absolute atomic E-state index is 0.0562. The summed E-state index contributed by atoms with van der Waals surface area (Å²) in [5.74, 6) is 1.17. The highest BCUT2D eigenvalue weighted by Gasteiger charge is 2.20. The van der Waals surface area contributed by atoms with Gasteiger partial charge in [-0.1, -0.05) is 36.4 Å². The largest absolute Gasteiger partial charge is 0.488 e. The van der Waals surface area contributed by atoms with Crippen LogP contribution in [0.5, 0.6) is 5.75 Å². The van der Waals surface area contributed by atoms with Gasteiger partial charge >= 0.3 is 0 Å². The first-order chi connectivity index (χ1) is 16.5. The molecule has 0 radical (unpaired) electrons. The highest BCUT2D eigenvalue weighted by molar-refractivity contribution is 6.03. The third kappa shape index (κ3) is 6.11. The summed E-state index contributed by atoms with van der Waals surface area (Å²) in [5.41, 5.74) is 2.56. The van der Waals surface area contributed by atoms with E-state index in [4.69, 9.17) is 4.74 Å². The van der Waals surface area contributed by atoms with Gasteiger partial charge in [0.15, 0.2) is 0 Å². The van der Waals surface area contributed by atoms with E-state index in [9.17, 15) is 4.79 Å². The predicted molar refractivity (Wildman–Crippen MR) is 137 cm³/mol. The van der Waals surface area contributed by atoms with Crippen LogP contribution >= 0.6 is 0 Å². The maximum Gasteiger partial charge on any atom is 0.248 e. The number of fused-ring (bicyclic) bond motifs is 1. The van der Waals surface area contributed by atoms with Gasteiger partial charge in [-0.2, -0.15) is 0 Å². The van der Waals surface area contributed by atoms with E-state index in [2.05, 4.69) is 39.7 Å². The third-order valence-electron chi connectivity index (χ3n) is 5.98. The van der Waals surface area contributed by atoms with Crippen LogP contribution in [0.3, 0.4) is 0 Å². The first-order valence-electron chi connectivity index (χ1n) is 11.9. The Hall–Kier alpha value is -3.45. The van der Waals surface area contributed by atoms with Gasteiger partial charge in [-0.3, -0.25) is 4.79 Å². The zero-order valence-corrected chi connectivity index (χ0v) is 20.1. The second-order valence-corrected chi connectivity index (χ2v) is 9.04. The Labute approximate surface area is 201 Å². The monoisotopic (exact) mass is 459 g/mol. The summed E-state index contributed by atoms with van der Waals surface area (Å²) in [4.78, 5) is 23.6. The molecule has 7 heteroatoms. The summed E-state index contributed by atoms with van der Waals surface area (Å²) in [6.45, 7) is 2.79. The van der Waals surface area contributed by atoms with Gasteiger partial charge in [0.25, 0.3) is 0 Å². The van der Waals surface area contributed by atoms with Crippen LogP contribution in [0.4, 0.5) is 11.5 Å². The Kier molecular flexibility index (Phi) is 7.75. The lowest BCUT2D eigenvalue weighted by atomic mass is 10.1. The third-order valence-corrected chi connectivity index (χ3v) is 5.98. The van der Waals surface area contributed by atoms with Crippen LogP contribution in [0.15, 0.2) is 60.9 Å². The van der Waals surface area contributed by atoms with Crippen molar-refractivity contribution < 1.29 is 9.53 Å². The number of nitrogens with zero attached hydrogens (tertiary/aromatic N) is 3. The van der Waals surface area contributed by atoms with Crippen molar-refractivity contribution in [3.05, 3.63) is 66.5 Å². The molecule has 178 valence electrons. The maximum atomic E-state index is 12.6. The van der Waals surface area contributed by atoms with Gasteiger partial charge in [0, 0.05) is 30.1 Å². The zero-order valence-electron chi connectivity index (χ0n) is 20.1. The smallest absolute Gasteiger partial charge is 0.248 e. The molecule has 1 fully saturated rings. The van der Waals surface area contributed by atoms with E-state index in [0.717, 1.165) is 29.3 Å². The topological polar surface area (TPSA) is 79.4 Å². The summed E-state index contributed by atoms with van der Waals surface area (Å²) in [7, 11) is 3.92. The summed E-state index contributed by atoms with van der Waals surface area (Å²) < 4.78 is 6.32. The molecule has 1 aliphatic carbocycles. The van der Waals surface area contributed by atoms with Crippen molar-refractivity contribution in [2.45, 2.75) is 44.8 Å². The molecule has 0 spiro atoms. The van der Waals surface area contributed by atoms with E-state index in [0.29, 0.717) is 23.8 Å². The molecule has 7 nitrogen and oxygen atoms in total. The SMILES string of the molecule is C[C@@H](Nc1ncnc2cc(OC3CCCC3)c(NC(=O)/C=C/CN(C)C)cc12)c1ccccc1. The maximum absolute atomic E-state index is 12.6.